The average molecular weight is 329 g/mol. The van der Waals surface area contributed by atoms with Gasteiger partial charge in [0, 0.05) is 0 Å². The van der Waals surface area contributed by atoms with Gasteiger partial charge in [-0.05, 0) is 35.0 Å². The maximum atomic E-state index is 12.3. The van der Waals surface area contributed by atoms with Crippen molar-refractivity contribution in [2.45, 2.75) is 13.0 Å². The highest BCUT2D eigenvalue weighted by Gasteiger charge is 2.36. The van der Waals surface area contributed by atoms with Gasteiger partial charge in [-0.1, -0.05) is 17.2 Å². The van der Waals surface area contributed by atoms with Gasteiger partial charge in [0.05, 0.1) is 19.8 Å². The minimum Gasteiger partial charge on any atom is -0.497 e. The fourth-order valence-electron chi connectivity index (χ4n) is 2.61. The van der Waals surface area contributed by atoms with Gasteiger partial charge in [0.25, 0.3) is 0 Å². The molecule has 3 rings (SSSR count). The van der Waals surface area contributed by atoms with Gasteiger partial charge in [-0.3, -0.25) is 4.79 Å². The lowest BCUT2D eigenvalue weighted by atomic mass is 9.93. The third-order valence-electron chi connectivity index (χ3n) is 3.72. The van der Waals surface area contributed by atoms with Crippen molar-refractivity contribution >= 4 is 17.7 Å². The lowest BCUT2D eigenvalue weighted by Gasteiger charge is -2.27. The highest BCUT2D eigenvalue weighted by molar-refractivity contribution is 6.05. The number of fused-ring (bicyclic) bond motifs is 1. The van der Waals surface area contributed by atoms with Gasteiger partial charge in [0.15, 0.2) is 5.78 Å². The van der Waals surface area contributed by atoms with E-state index in [1.165, 1.54) is 18.7 Å². The molecule has 1 unspecified atom stereocenters. The third kappa shape index (κ3) is 2.49. The summed E-state index contributed by atoms with van der Waals surface area (Å²) in [4.78, 5) is 24.4. The molecule has 0 aliphatic carbocycles. The molecule has 1 aliphatic heterocycles. The van der Waals surface area contributed by atoms with Crippen LogP contribution in [0, 0.1) is 0 Å². The van der Waals surface area contributed by atoms with Crippen LogP contribution in [0.1, 0.15) is 18.5 Å². The number of hydrogen-bond donors (Lipinski definition) is 1. The van der Waals surface area contributed by atoms with Crippen LogP contribution in [0.2, 0.25) is 0 Å². The summed E-state index contributed by atoms with van der Waals surface area (Å²) in [5.74, 6) is -0.0229. The molecular weight excluding hydrogens is 314 g/mol. The number of benzene rings is 1. The Bertz CT molecular complexity index is 825. The Labute approximate surface area is 137 Å². The van der Waals surface area contributed by atoms with Crippen molar-refractivity contribution in [2.75, 3.05) is 19.5 Å². The molecule has 0 radical (unpaired) electrons. The molecule has 1 aromatic heterocycles. The van der Waals surface area contributed by atoms with E-state index in [0.717, 1.165) is 5.56 Å². The summed E-state index contributed by atoms with van der Waals surface area (Å²) in [6.45, 7) is 1.38. The van der Waals surface area contributed by atoms with Crippen LogP contribution >= 0.6 is 0 Å². The van der Waals surface area contributed by atoms with E-state index in [0.29, 0.717) is 5.75 Å². The number of esters is 1. The van der Waals surface area contributed by atoms with E-state index in [-0.39, 0.29) is 23.0 Å². The average Bonchev–Trinajstić information content (AvgIpc) is 3.07. The molecule has 1 atom stereocenters. The Morgan fingerprint density at radius 1 is 1.21 bits per heavy atom. The van der Waals surface area contributed by atoms with E-state index < -0.39 is 12.0 Å². The van der Waals surface area contributed by atoms with Crippen LogP contribution in [0.5, 0.6) is 5.75 Å². The van der Waals surface area contributed by atoms with Crippen LogP contribution in [-0.2, 0) is 14.3 Å². The zero-order chi connectivity index (χ0) is 17.3. The zero-order valence-electron chi connectivity index (χ0n) is 13.3. The smallest absolute Gasteiger partial charge is 0.355 e. The maximum Gasteiger partial charge on any atom is 0.355 e. The second kappa shape index (κ2) is 6.11. The predicted molar refractivity (Wildman–Crippen MR) is 82.3 cm³/mol. The number of allylic oxidation sites excluding steroid dienone is 1. The maximum absolute atomic E-state index is 12.3. The van der Waals surface area contributed by atoms with Gasteiger partial charge < -0.3 is 14.8 Å². The highest BCUT2D eigenvalue weighted by atomic mass is 16.5. The minimum atomic E-state index is -0.659. The summed E-state index contributed by atoms with van der Waals surface area (Å²) < 4.78 is 11.4. The van der Waals surface area contributed by atoms with E-state index >= 15 is 0 Å². The number of tetrazole rings is 1. The molecule has 0 saturated carbocycles. The lowest BCUT2D eigenvalue weighted by Crippen LogP contribution is -2.32. The summed E-state index contributed by atoms with van der Waals surface area (Å²) in [7, 11) is 2.81. The van der Waals surface area contributed by atoms with Crippen molar-refractivity contribution in [3.63, 3.8) is 0 Å². The number of aromatic nitrogens is 4. The molecule has 1 aliphatic rings. The molecule has 1 aromatic carbocycles. The molecule has 124 valence electrons. The molecule has 24 heavy (non-hydrogen) atoms. The quantitative estimate of drug-likeness (QED) is 0.817. The minimum absolute atomic E-state index is 0.0353. The molecule has 2 aromatic rings. The summed E-state index contributed by atoms with van der Waals surface area (Å²) in [6.07, 6.45) is 0. The largest absolute Gasteiger partial charge is 0.497 e. The van der Waals surface area contributed by atoms with Crippen molar-refractivity contribution in [3.05, 3.63) is 41.1 Å². The summed E-state index contributed by atoms with van der Waals surface area (Å²) in [5.41, 5.74) is 0.998. The first kappa shape index (κ1) is 15.7. The first-order chi connectivity index (χ1) is 11.6. The number of anilines is 1. The van der Waals surface area contributed by atoms with Gasteiger partial charge in [-0.15, -0.1) is 0 Å². The number of hydrogen-bond acceptors (Lipinski definition) is 8. The standard InChI is InChI=1S/C15H15N5O4/c1-8(21)11-12(14(22)24-3)16-15-17-18-19-20(15)13(11)9-4-6-10(23-2)7-5-9/h4-7,13H,1-3H3,(H,16,17,19). The topological polar surface area (TPSA) is 108 Å². The van der Waals surface area contributed by atoms with E-state index in [2.05, 4.69) is 20.8 Å². The molecule has 0 amide bonds. The molecule has 0 bridgehead atoms. The second-order valence-corrected chi connectivity index (χ2v) is 5.08. The first-order valence-electron chi connectivity index (χ1n) is 7.09. The van der Waals surface area contributed by atoms with Crippen LogP contribution in [0.25, 0.3) is 0 Å². The van der Waals surface area contributed by atoms with Crippen LogP contribution in [0.15, 0.2) is 35.5 Å². The monoisotopic (exact) mass is 329 g/mol. The predicted octanol–water partition coefficient (Wildman–Crippen LogP) is 0.713. The van der Waals surface area contributed by atoms with Crippen LogP contribution in [0.3, 0.4) is 0 Å². The van der Waals surface area contributed by atoms with Gasteiger partial charge >= 0.3 is 5.97 Å². The lowest BCUT2D eigenvalue weighted by molar-refractivity contribution is -0.136. The molecular formula is C15H15N5O4. The number of carbonyl (C=O) groups is 2. The number of carbonyl (C=O) groups excluding carboxylic acids is 2. The fraction of sp³-hybridized carbons (Fsp3) is 0.267. The van der Waals surface area contributed by atoms with Crippen molar-refractivity contribution in [3.8, 4) is 5.75 Å². The van der Waals surface area contributed by atoms with Gasteiger partial charge in [-0.2, -0.15) is 4.68 Å². The number of nitrogens with zero attached hydrogens (tertiary/aromatic N) is 4. The molecule has 9 heteroatoms. The van der Waals surface area contributed by atoms with E-state index in [1.54, 1.807) is 31.4 Å². The first-order valence-corrected chi connectivity index (χ1v) is 7.09. The Kier molecular flexibility index (Phi) is 3.98. The Hall–Kier alpha value is -3.23. The van der Waals surface area contributed by atoms with Crippen LogP contribution < -0.4 is 10.1 Å². The molecule has 1 N–H and O–H groups in total. The Balaban J connectivity index is 2.20. The van der Waals surface area contributed by atoms with Crippen LogP contribution in [0.4, 0.5) is 5.95 Å². The third-order valence-corrected chi connectivity index (χ3v) is 3.72. The molecule has 0 saturated heterocycles. The van der Waals surface area contributed by atoms with Crippen molar-refractivity contribution in [1.29, 1.82) is 0 Å². The van der Waals surface area contributed by atoms with Crippen molar-refractivity contribution in [2.24, 2.45) is 0 Å². The Morgan fingerprint density at radius 2 is 1.92 bits per heavy atom. The number of ether oxygens (including phenoxy) is 2. The fourth-order valence-corrected chi connectivity index (χ4v) is 2.61. The van der Waals surface area contributed by atoms with Crippen molar-refractivity contribution in [1.82, 2.24) is 20.2 Å². The molecule has 0 spiro atoms. The zero-order valence-corrected chi connectivity index (χ0v) is 13.3. The van der Waals surface area contributed by atoms with Crippen LogP contribution in [-0.4, -0.2) is 46.2 Å². The SMILES string of the molecule is COC(=O)C1=C(C(C)=O)C(c2ccc(OC)cc2)n2nnnc2N1. The van der Waals surface area contributed by atoms with E-state index in [1.807, 2.05) is 0 Å². The highest BCUT2D eigenvalue weighted by Crippen LogP contribution is 2.35. The second-order valence-electron chi connectivity index (χ2n) is 5.08. The van der Waals surface area contributed by atoms with E-state index in [4.69, 9.17) is 9.47 Å². The Morgan fingerprint density at radius 3 is 2.50 bits per heavy atom. The summed E-state index contributed by atoms with van der Waals surface area (Å²) >= 11 is 0. The molecule has 9 nitrogen and oxygen atoms in total. The van der Waals surface area contributed by atoms with Gasteiger partial charge in [0.1, 0.15) is 17.5 Å². The normalized spacial score (nSPS) is 16.2. The van der Waals surface area contributed by atoms with Gasteiger partial charge in [-0.25, -0.2) is 4.79 Å². The number of ketones is 1. The summed E-state index contributed by atoms with van der Waals surface area (Å²) in [6, 6.07) is 6.46. The van der Waals surface area contributed by atoms with Crippen molar-refractivity contribution < 1.29 is 19.1 Å². The van der Waals surface area contributed by atoms with E-state index in [9.17, 15) is 9.59 Å². The number of methoxy groups -OCH3 is 2. The van der Waals surface area contributed by atoms with Gasteiger partial charge in [0.2, 0.25) is 5.95 Å². The number of nitrogens with one attached hydrogen (secondary N) is 1. The summed E-state index contributed by atoms with van der Waals surface area (Å²) in [5, 5.41) is 14.2. The number of Topliss-reactive ketones (excluding diaryl/α,β-unsaturated/α-hetero) is 1. The molecule has 0 fully saturated rings. The molecule has 2 heterocycles. The number of rotatable bonds is 4.